The fourth-order valence-electron chi connectivity index (χ4n) is 10.5. The van der Waals surface area contributed by atoms with Gasteiger partial charge in [0.15, 0.2) is 0 Å². The molecule has 0 bridgehead atoms. The summed E-state index contributed by atoms with van der Waals surface area (Å²) in [6.45, 7) is 11.1. The minimum atomic E-state index is -4.50. The molecule has 1 aromatic rings. The summed E-state index contributed by atoms with van der Waals surface area (Å²) in [6.07, 6.45) is 8.95. The third-order valence-corrected chi connectivity index (χ3v) is 13.7. The summed E-state index contributed by atoms with van der Waals surface area (Å²) in [7, 11) is -3.42. The third kappa shape index (κ3) is 140. The molecule has 0 aliphatic heterocycles. The summed E-state index contributed by atoms with van der Waals surface area (Å²) in [5.41, 5.74) is 1.36. The fourth-order valence-corrected chi connectivity index (χ4v) is 10.9. The molecule has 3 fully saturated rings. The summed E-state index contributed by atoms with van der Waals surface area (Å²) in [6, 6.07) is 3.52. The van der Waals surface area contributed by atoms with Crippen LogP contribution in [0.3, 0.4) is 0 Å². The van der Waals surface area contributed by atoms with Crippen molar-refractivity contribution < 1.29 is 1680 Å². The summed E-state index contributed by atoms with van der Waals surface area (Å²) in [5.74, 6) is 1.97. The van der Waals surface area contributed by atoms with Crippen molar-refractivity contribution in [2.45, 2.75) is 117 Å². The van der Waals surface area contributed by atoms with Crippen LogP contribution in [0.2, 0.25) is 0 Å². The first-order chi connectivity index (χ1) is 23.9. The Balaban J connectivity index is -0.0000000137. The van der Waals surface area contributed by atoms with E-state index in [2.05, 4.69) is 37.5 Å². The van der Waals surface area contributed by atoms with Crippen molar-refractivity contribution in [1.29, 1.82) is 0 Å². The van der Waals surface area contributed by atoms with Crippen LogP contribution in [-0.4, -0.2) is 49.4 Å². The van der Waals surface area contributed by atoms with Crippen LogP contribution in [0.4, 0.5) is 18.0 Å². The number of alkyl halides is 3. The van der Waals surface area contributed by atoms with Crippen molar-refractivity contribution in [1.82, 2.24) is 10.6 Å². The molecule has 101 heavy (non-hydrogen) atoms. The molecule has 5 rings (SSSR count). The first-order valence-electron chi connectivity index (χ1n) is 19.0. The van der Waals surface area contributed by atoms with Crippen molar-refractivity contribution in [3.8, 4) is 0 Å². The zero-order valence-corrected chi connectivity index (χ0v) is 203. The number of amides is 2. The van der Waals surface area contributed by atoms with Gasteiger partial charge in [-0.25, -0.2) is 4.79 Å². The van der Waals surface area contributed by atoms with E-state index in [1.807, 2.05) is 0 Å². The van der Waals surface area contributed by atoms with E-state index >= 15 is 0 Å². The molecule has 4 aliphatic carbocycles. The second kappa shape index (κ2) is 191. The number of benzene rings is 1. The van der Waals surface area contributed by atoms with Crippen molar-refractivity contribution >= 4 is 19.6 Å². The number of aryl methyl sites for hydroxylation is 1. The van der Waals surface area contributed by atoms with E-state index in [0.717, 1.165) is 82.8 Å². The van der Waals surface area contributed by atoms with Crippen molar-refractivity contribution in [2.24, 2.45) is 40.4 Å². The fraction of sp³-hybridized carbons (Fsp3) is 0.744. The van der Waals surface area contributed by atoms with Gasteiger partial charge in [-0.15, -0.1) is 0 Å². The topological polar surface area (TPSA) is 114 Å². The van der Waals surface area contributed by atoms with E-state index in [1.54, 1.807) is 6.92 Å². The van der Waals surface area contributed by atoms with Crippen LogP contribution in [-0.2, 0) is 1660 Å². The summed E-state index contributed by atoms with van der Waals surface area (Å²) >= 11 is 0. The van der Waals surface area contributed by atoms with E-state index in [1.165, 1.54) is 18.3 Å². The van der Waals surface area contributed by atoms with Crippen LogP contribution >= 0.6 is 7.60 Å². The molecule has 0 heterocycles. The van der Waals surface area contributed by atoms with Crippen LogP contribution in [0.5, 0.6) is 0 Å². The minimum absolute atomic E-state index is 0. The first kappa shape index (κ1) is 309. The number of carbonyl (C=O) groups is 2. The van der Waals surface area contributed by atoms with Gasteiger partial charge in [-0.3, -0.25) is 9.36 Å². The predicted molar refractivity (Wildman–Crippen MR) is 191 cm³/mol. The molecule has 1 aromatic carbocycles. The number of hydrogen-bond donors (Lipinski definition) is 3. The van der Waals surface area contributed by atoms with Gasteiger partial charge in [0.05, 0.1) is 12.2 Å². The number of unbranched alkanes of at least 4 members (excludes halogenated alkanes) is 3. The molecule has 3 N–H and O–H groups in total. The first-order valence-corrected chi connectivity index (χ1v) is 21.0. The Morgan fingerprint density at radius 3 is 1.27 bits per heavy atom. The van der Waals surface area contributed by atoms with Gasteiger partial charge in [0.1, 0.15) is 6.10 Å². The SMILES string of the molecule is Cc1cc(C(=O)NC[C@@H](C)[C@H]2CC[C@H]3[C@@H]4CC=C5C[C@@H](OC(=O)NCCCCCCOP(C)(=O)O)CC[C@]5(C)[C@H]4CC[C@]23C)cc(C(F)(F)F)c1.[Y].[Y].[Y].[Y].[Y].[Y].[Y].[Y].[Y].[Y].[Y].[Y].[Y].[Y].[Y].[Y].[Y].[Y].[Y].[Y].[Y].[Y].[Y].[Y].[Y].[Y].[Y].[Y].[Y].[Y].[Y].[Y].[Y].[Y].[Y].[Y].[Y].[Y].[Y].[Y].[Y].[Y].[Y].[Y].[Y].[Y].[Y].[Y].[Y].[Y]. The molecule has 436 valence electrons. The smallest absolute Gasteiger partial charge is 0.416 e. The van der Waals surface area contributed by atoms with E-state index in [0.29, 0.717) is 48.7 Å². The molecule has 50 radical (unpaired) electrons. The molecule has 4 aliphatic rings. The Morgan fingerprint density at radius 2 is 0.901 bits per heavy atom. The number of halogens is 3. The van der Waals surface area contributed by atoms with E-state index in [9.17, 15) is 27.3 Å². The van der Waals surface area contributed by atoms with Crippen LogP contribution in [0.15, 0.2) is 29.8 Å². The van der Waals surface area contributed by atoms with Gasteiger partial charge in [-0.1, -0.05) is 45.3 Å². The maximum absolute atomic E-state index is 13.4. The standard InChI is InChI=1S/C39H58F3N2O6P.50Y/c1-25-20-27(22-29(21-25)39(40,41)42)35(45)44-24-26(2)32-12-13-33-31-11-10-28-23-30(14-16-37(28,3)34(31)15-17-38(32,33)4)50-36(46)43-18-8-6-7-9-19-49-51(5,47)48;;;;;;;;;;;;;;;;;;;;;;;;;;;;;;;;;;;;;;;;;;;;;;;;;;/h10,20-22,26,30-34H,6-9,11-19,23-24H2,1-5H3,(H,43,46)(H,44,45)(H,47,48);;;;;;;;;;;;;;;;;;;;;;;;;;;;;;;;;;;;;;;;;;;;;;;;;;/t26-,30+,31+,32-,33+,34+,37+,38-;;;;;;;;;;;;;;;;;;;;;;;;;;;;;;;;;;;;;;;;;;;;;;;;;;/m1................................................../s1. The number of allylic oxidation sites excluding steroid dienone is 1. The second-order valence-corrected chi connectivity index (χ2v) is 18.4. The van der Waals surface area contributed by atoms with Crippen LogP contribution in [0.25, 0.3) is 0 Å². The normalized spacial score (nSPS) is 16.2. The number of nitrogens with one attached hydrogen (secondary N) is 2. The van der Waals surface area contributed by atoms with Gasteiger partial charge in [0.25, 0.3) is 5.91 Å². The van der Waals surface area contributed by atoms with E-state index in [-0.39, 0.29) is 1680 Å². The van der Waals surface area contributed by atoms with Crippen molar-refractivity contribution in [3.63, 3.8) is 0 Å². The number of ether oxygens (including phenoxy) is 1. The third-order valence-electron chi connectivity index (χ3n) is 13.0. The van der Waals surface area contributed by atoms with Gasteiger partial charge in [-0.2, -0.15) is 13.2 Å². The van der Waals surface area contributed by atoms with Gasteiger partial charge in [-0.05, 0) is 129 Å². The van der Waals surface area contributed by atoms with E-state index in [4.69, 9.17) is 14.2 Å². The Kier molecular flexibility index (Phi) is 584. The molecular weight excluding hydrogens is 5130 g/mol. The summed E-state index contributed by atoms with van der Waals surface area (Å²) < 4.78 is 62.0. The van der Waals surface area contributed by atoms with Gasteiger partial charge < -0.3 is 24.8 Å². The molecule has 8 nitrogen and oxygen atoms in total. The number of hydrogen-bond acceptors (Lipinski definition) is 5. The number of carbonyl (C=O) groups excluding carboxylic acids is 2. The molecule has 2 amide bonds. The van der Waals surface area contributed by atoms with Gasteiger partial charge in [0, 0.05) is 1670 Å². The summed E-state index contributed by atoms with van der Waals surface area (Å²) in [4.78, 5) is 34.8. The second-order valence-electron chi connectivity index (χ2n) is 16.5. The molecule has 0 saturated heterocycles. The number of fused-ring (bicyclic) bond motifs is 5. The molecule has 3 saturated carbocycles. The summed E-state index contributed by atoms with van der Waals surface area (Å²) in [5, 5.41) is 5.85. The maximum Gasteiger partial charge on any atom is 0.416 e. The number of alkyl carbamates (subject to hydrolysis) is 1. The van der Waals surface area contributed by atoms with Gasteiger partial charge >= 0.3 is 19.9 Å². The van der Waals surface area contributed by atoms with E-state index < -0.39 is 25.2 Å². The predicted octanol–water partition coefficient (Wildman–Crippen LogP) is 9.32. The monoisotopic (exact) mass is 5180 g/mol. The zero-order valence-electron chi connectivity index (χ0n) is 59.8. The largest absolute Gasteiger partial charge is 0.446 e. The Hall–Kier alpha value is 52.8. The molecule has 0 spiro atoms. The van der Waals surface area contributed by atoms with Gasteiger partial charge in [0.2, 0.25) is 0 Å². The zero-order chi connectivity index (χ0) is 37.2. The average molecular weight is 5180 g/mol. The molecule has 1 unspecified atom stereocenters. The maximum atomic E-state index is 13.4. The average Bonchev–Trinajstić information content (AvgIpc) is 3.41. The quantitative estimate of drug-likeness (QED) is 0.103. The van der Waals surface area contributed by atoms with Crippen molar-refractivity contribution in [2.75, 3.05) is 26.4 Å². The molecule has 62 heteroatoms. The molecule has 0 aromatic heterocycles. The van der Waals surface area contributed by atoms with Crippen LogP contribution in [0, 0.1) is 47.3 Å². The number of rotatable bonds is 13. The molecular formula is C39H58F3N2O6PY50. The Labute approximate surface area is 1870 Å². The minimum Gasteiger partial charge on any atom is -0.446 e. The van der Waals surface area contributed by atoms with Crippen molar-refractivity contribution in [3.05, 3.63) is 46.5 Å². The Bertz CT molecular complexity index is 1600. The van der Waals surface area contributed by atoms with Crippen LogP contribution in [0.1, 0.15) is 119 Å². The van der Waals surface area contributed by atoms with Crippen LogP contribution < -0.4 is 10.6 Å². The molecule has 9 atom stereocenters. The Morgan fingerprint density at radius 1 is 0.525 bits per heavy atom.